The van der Waals surface area contributed by atoms with Gasteiger partial charge in [0.15, 0.2) is 5.65 Å². The fourth-order valence-corrected chi connectivity index (χ4v) is 2.36. The van der Waals surface area contributed by atoms with Crippen LogP contribution in [-0.2, 0) is 6.54 Å². The van der Waals surface area contributed by atoms with Crippen LogP contribution in [0.15, 0.2) is 42.6 Å². The molecule has 0 unspecified atom stereocenters. The molecule has 0 bridgehead atoms. The van der Waals surface area contributed by atoms with E-state index in [0.717, 1.165) is 12.0 Å². The summed E-state index contributed by atoms with van der Waals surface area (Å²) in [5.74, 6) is -0.962. The highest BCUT2D eigenvalue weighted by Gasteiger charge is 2.16. The number of nitrogens with zero attached hydrogens (tertiary/aromatic N) is 3. The third-order valence-corrected chi connectivity index (χ3v) is 3.34. The molecule has 3 rings (SSSR count). The van der Waals surface area contributed by atoms with Gasteiger partial charge in [-0.2, -0.15) is 5.10 Å². The lowest BCUT2D eigenvalue weighted by Crippen LogP contribution is -2.03. The molecule has 0 atom stereocenters. The molecule has 1 aromatic carbocycles. The summed E-state index contributed by atoms with van der Waals surface area (Å²) in [5, 5.41) is 14.3. The van der Waals surface area contributed by atoms with Crippen LogP contribution in [0.5, 0.6) is 0 Å². The van der Waals surface area contributed by atoms with E-state index in [9.17, 15) is 9.90 Å². The second-order valence-corrected chi connectivity index (χ2v) is 4.83. The number of rotatable bonds is 4. The van der Waals surface area contributed by atoms with Crippen molar-refractivity contribution in [2.24, 2.45) is 0 Å². The van der Waals surface area contributed by atoms with Gasteiger partial charge in [-0.1, -0.05) is 37.3 Å². The van der Waals surface area contributed by atoms with E-state index in [1.165, 1.54) is 0 Å². The van der Waals surface area contributed by atoms with Crippen molar-refractivity contribution in [2.75, 3.05) is 0 Å². The van der Waals surface area contributed by atoms with E-state index in [2.05, 4.69) is 10.1 Å². The predicted molar refractivity (Wildman–Crippen MR) is 80.2 cm³/mol. The number of hydrogen-bond acceptors (Lipinski definition) is 3. The summed E-state index contributed by atoms with van der Waals surface area (Å²) >= 11 is 0. The lowest BCUT2D eigenvalue weighted by atomic mass is 10.1. The molecule has 0 spiro atoms. The minimum Gasteiger partial charge on any atom is -0.478 e. The maximum atomic E-state index is 11.5. The lowest BCUT2D eigenvalue weighted by molar-refractivity contribution is 0.0699. The number of aryl methyl sites for hydroxylation is 1. The number of carbonyl (C=O) groups is 1. The molecule has 5 heteroatoms. The van der Waals surface area contributed by atoms with Gasteiger partial charge >= 0.3 is 5.97 Å². The highest BCUT2D eigenvalue weighted by atomic mass is 16.4. The largest absolute Gasteiger partial charge is 0.478 e. The Hall–Kier alpha value is -2.69. The Morgan fingerprint density at radius 1 is 1.29 bits per heavy atom. The highest BCUT2D eigenvalue weighted by molar-refractivity contribution is 6.02. The SMILES string of the molecule is CCCn1ncc2c(C(=O)O)cc(-c3ccccc3)nc21. The van der Waals surface area contributed by atoms with Crippen LogP contribution in [0.3, 0.4) is 0 Å². The molecule has 0 saturated carbocycles. The molecule has 2 aromatic heterocycles. The second kappa shape index (κ2) is 5.36. The minimum absolute atomic E-state index is 0.237. The third-order valence-electron chi connectivity index (χ3n) is 3.34. The van der Waals surface area contributed by atoms with Gasteiger partial charge in [0.1, 0.15) is 0 Å². The van der Waals surface area contributed by atoms with Crippen LogP contribution in [0, 0.1) is 0 Å². The van der Waals surface area contributed by atoms with Crippen LogP contribution >= 0.6 is 0 Å². The molecular formula is C16H15N3O2. The molecule has 106 valence electrons. The summed E-state index contributed by atoms with van der Waals surface area (Å²) in [6, 6.07) is 11.2. The van der Waals surface area contributed by atoms with Crippen LogP contribution in [0.25, 0.3) is 22.3 Å². The van der Waals surface area contributed by atoms with Gasteiger partial charge in [0, 0.05) is 12.1 Å². The van der Waals surface area contributed by atoms with E-state index in [0.29, 0.717) is 23.3 Å². The molecule has 0 saturated heterocycles. The number of aromatic carboxylic acids is 1. The number of fused-ring (bicyclic) bond motifs is 1. The maximum absolute atomic E-state index is 11.5. The van der Waals surface area contributed by atoms with Gasteiger partial charge < -0.3 is 5.11 Å². The Labute approximate surface area is 121 Å². The van der Waals surface area contributed by atoms with Crippen molar-refractivity contribution in [3.8, 4) is 11.3 Å². The first-order chi connectivity index (χ1) is 10.2. The third kappa shape index (κ3) is 2.38. The number of carboxylic acid groups (broad SMARTS) is 1. The van der Waals surface area contributed by atoms with Crippen molar-refractivity contribution < 1.29 is 9.90 Å². The van der Waals surface area contributed by atoms with Gasteiger partial charge in [-0.15, -0.1) is 0 Å². The van der Waals surface area contributed by atoms with Crippen LogP contribution in [0.1, 0.15) is 23.7 Å². The molecule has 0 aliphatic heterocycles. The molecule has 1 N–H and O–H groups in total. The first kappa shape index (κ1) is 13.3. The Balaban J connectivity index is 2.27. The normalized spacial score (nSPS) is 10.9. The summed E-state index contributed by atoms with van der Waals surface area (Å²) in [7, 11) is 0. The van der Waals surface area contributed by atoms with Crippen molar-refractivity contribution in [3.05, 3.63) is 48.2 Å². The number of carboxylic acids is 1. The average Bonchev–Trinajstić information content (AvgIpc) is 2.90. The number of benzene rings is 1. The van der Waals surface area contributed by atoms with Gasteiger partial charge in [-0.05, 0) is 12.5 Å². The molecule has 3 aromatic rings. The van der Waals surface area contributed by atoms with Crippen molar-refractivity contribution in [1.82, 2.24) is 14.8 Å². The van der Waals surface area contributed by atoms with E-state index >= 15 is 0 Å². The summed E-state index contributed by atoms with van der Waals surface area (Å²) in [5.41, 5.74) is 2.40. The molecule has 21 heavy (non-hydrogen) atoms. The van der Waals surface area contributed by atoms with Gasteiger partial charge in [-0.25, -0.2) is 14.5 Å². The summed E-state index contributed by atoms with van der Waals surface area (Å²) in [4.78, 5) is 16.1. The lowest BCUT2D eigenvalue weighted by Gasteiger charge is -2.06. The zero-order valence-electron chi connectivity index (χ0n) is 11.7. The van der Waals surface area contributed by atoms with Crippen molar-refractivity contribution in [1.29, 1.82) is 0 Å². The molecule has 0 aliphatic carbocycles. The van der Waals surface area contributed by atoms with E-state index in [1.54, 1.807) is 16.9 Å². The minimum atomic E-state index is -0.962. The first-order valence-electron chi connectivity index (χ1n) is 6.86. The van der Waals surface area contributed by atoms with Gasteiger partial charge in [0.25, 0.3) is 0 Å². The quantitative estimate of drug-likeness (QED) is 0.797. The first-order valence-corrected chi connectivity index (χ1v) is 6.86. The number of hydrogen-bond donors (Lipinski definition) is 1. The smallest absolute Gasteiger partial charge is 0.336 e. The number of pyridine rings is 1. The molecule has 0 aliphatic rings. The highest BCUT2D eigenvalue weighted by Crippen LogP contribution is 2.24. The fourth-order valence-electron chi connectivity index (χ4n) is 2.36. The topological polar surface area (TPSA) is 68.0 Å². The number of aromatic nitrogens is 3. The van der Waals surface area contributed by atoms with Crippen molar-refractivity contribution >= 4 is 17.0 Å². The van der Waals surface area contributed by atoms with Gasteiger partial charge in [0.2, 0.25) is 0 Å². The Kier molecular flexibility index (Phi) is 3.39. The zero-order chi connectivity index (χ0) is 14.8. The molecule has 0 radical (unpaired) electrons. The monoisotopic (exact) mass is 281 g/mol. The molecule has 0 fully saturated rings. The zero-order valence-corrected chi connectivity index (χ0v) is 11.7. The maximum Gasteiger partial charge on any atom is 0.336 e. The second-order valence-electron chi connectivity index (χ2n) is 4.83. The summed E-state index contributed by atoms with van der Waals surface area (Å²) < 4.78 is 1.76. The standard InChI is InChI=1S/C16H15N3O2/c1-2-8-19-15-13(10-17-19)12(16(20)21)9-14(18-15)11-6-4-3-5-7-11/h3-7,9-10H,2,8H2,1H3,(H,20,21). The molecule has 5 nitrogen and oxygen atoms in total. The van der Waals surface area contributed by atoms with E-state index in [1.807, 2.05) is 37.3 Å². The summed E-state index contributed by atoms with van der Waals surface area (Å²) in [6.45, 7) is 2.76. The molecule has 2 heterocycles. The van der Waals surface area contributed by atoms with Crippen LogP contribution in [0.4, 0.5) is 0 Å². The average molecular weight is 281 g/mol. The van der Waals surface area contributed by atoms with E-state index < -0.39 is 5.97 Å². The van der Waals surface area contributed by atoms with Crippen LogP contribution < -0.4 is 0 Å². The van der Waals surface area contributed by atoms with Gasteiger partial charge in [-0.3, -0.25) is 0 Å². The van der Waals surface area contributed by atoms with Crippen molar-refractivity contribution in [2.45, 2.75) is 19.9 Å². The molecule has 0 amide bonds. The Morgan fingerprint density at radius 2 is 2.05 bits per heavy atom. The molecular weight excluding hydrogens is 266 g/mol. The van der Waals surface area contributed by atoms with Crippen LogP contribution in [-0.4, -0.2) is 25.8 Å². The summed E-state index contributed by atoms with van der Waals surface area (Å²) in [6.07, 6.45) is 2.49. The Bertz CT molecular complexity index is 794. The van der Waals surface area contributed by atoms with Crippen LogP contribution in [0.2, 0.25) is 0 Å². The van der Waals surface area contributed by atoms with E-state index in [4.69, 9.17) is 0 Å². The van der Waals surface area contributed by atoms with Gasteiger partial charge in [0.05, 0.1) is 22.8 Å². The fraction of sp³-hybridized carbons (Fsp3) is 0.188. The van der Waals surface area contributed by atoms with Crippen molar-refractivity contribution in [3.63, 3.8) is 0 Å². The Morgan fingerprint density at radius 3 is 2.71 bits per heavy atom. The predicted octanol–water partition coefficient (Wildman–Crippen LogP) is 3.21. The van der Waals surface area contributed by atoms with E-state index in [-0.39, 0.29) is 5.56 Å².